The first kappa shape index (κ1) is 60.1. The average molecular weight is 1000 g/mol. The second-order valence-electron chi connectivity index (χ2n) is 20.8. The molecule has 1 amide bonds. The number of allylic oxidation sites excluding steroid dienone is 6. The fraction of sp³-hybridized carbons (Fsp3) is 0.764. The number of aliphatic hydroxyl groups excluding tert-OH is 2. The number of nitrogens with zero attached hydrogens (tertiary/aromatic N) is 1. The lowest BCUT2D eigenvalue weighted by Crippen LogP contribution is -2.61. The Balaban J connectivity index is 1.71. The monoisotopic (exact) mass is 1000 g/mol. The third-order valence-electron chi connectivity index (χ3n) is 15.2. The van der Waals surface area contributed by atoms with Gasteiger partial charge in [0.1, 0.15) is 30.1 Å². The minimum Gasteiger partial charge on any atom is -0.460 e. The van der Waals surface area contributed by atoms with Crippen LogP contribution in [-0.2, 0) is 57.1 Å². The number of piperidine rings is 1. The van der Waals surface area contributed by atoms with Crippen molar-refractivity contribution in [1.29, 1.82) is 0 Å². The molecule has 3 fully saturated rings. The molecule has 2 bridgehead atoms. The lowest BCUT2D eigenvalue weighted by Gasteiger charge is -2.43. The molecule has 0 aromatic heterocycles. The molecule has 2 saturated heterocycles. The Morgan fingerprint density at radius 3 is 2.27 bits per heavy atom. The van der Waals surface area contributed by atoms with Crippen LogP contribution < -0.4 is 0 Å². The summed E-state index contributed by atoms with van der Waals surface area (Å²) >= 11 is 0. The number of rotatable bonds is 12. The molecule has 1 saturated carbocycles. The molecule has 402 valence electrons. The van der Waals surface area contributed by atoms with Gasteiger partial charge in [-0.1, -0.05) is 71.1 Å². The number of hydrogen-bond donors (Lipinski definition) is 3. The molecule has 71 heavy (non-hydrogen) atoms. The van der Waals surface area contributed by atoms with E-state index >= 15 is 0 Å². The number of methoxy groups -OCH3 is 3. The van der Waals surface area contributed by atoms with Gasteiger partial charge in [0.05, 0.1) is 50.8 Å². The molecule has 0 spiro atoms. The second kappa shape index (κ2) is 29.4. The zero-order valence-electron chi connectivity index (χ0n) is 44.3. The van der Waals surface area contributed by atoms with Crippen LogP contribution in [-0.4, -0.2) is 158 Å². The van der Waals surface area contributed by atoms with Crippen LogP contribution in [0, 0.1) is 35.5 Å². The lowest BCUT2D eigenvalue weighted by atomic mass is 9.78. The SMILES string of the molecule is COCCO[C@H]1C[C@@H]2CC[C@@H](C)[C@@](O)(O2)C(=O)C(=O)N2CCCC[C@H]2C(=O)O[C@H]([C@H](C)C[C@@H]2CC[C@@H](OCCO)[C@H](OC)C2)CC(=O)[C@H](C)/C=C(\C)[C@@H](O)[C@@H](OC)C(=O)[C@H](C)C[C@H](C)/C=C/C=CC=C1C. The largest absolute Gasteiger partial charge is 0.460 e. The molecule has 0 unspecified atom stereocenters. The van der Waals surface area contributed by atoms with Gasteiger partial charge in [-0.15, -0.1) is 0 Å². The van der Waals surface area contributed by atoms with Crippen LogP contribution in [0.25, 0.3) is 0 Å². The Labute approximate surface area is 422 Å². The number of amides is 1. The van der Waals surface area contributed by atoms with Crippen LogP contribution in [0.15, 0.2) is 47.6 Å². The van der Waals surface area contributed by atoms with Crippen molar-refractivity contribution in [2.45, 2.75) is 180 Å². The van der Waals surface area contributed by atoms with Gasteiger partial charge in [0.15, 0.2) is 5.78 Å². The Bertz CT molecular complexity index is 1860. The van der Waals surface area contributed by atoms with Crippen LogP contribution in [0.1, 0.15) is 126 Å². The van der Waals surface area contributed by atoms with Crippen LogP contribution in [0.5, 0.6) is 0 Å². The molecular formula is C55H87NO15. The van der Waals surface area contributed by atoms with E-state index in [1.807, 2.05) is 58.1 Å². The van der Waals surface area contributed by atoms with E-state index < -0.39 is 77.8 Å². The number of ether oxygens (including phenoxy) is 7. The van der Waals surface area contributed by atoms with E-state index in [1.54, 1.807) is 41.1 Å². The molecule has 4 rings (SSSR count). The normalized spacial score (nSPS) is 36.8. The molecule has 3 aliphatic heterocycles. The second-order valence-corrected chi connectivity index (χ2v) is 20.8. The fourth-order valence-corrected chi connectivity index (χ4v) is 10.7. The highest BCUT2D eigenvalue weighted by molar-refractivity contribution is 6.39. The molecular weight excluding hydrogens is 915 g/mol. The predicted octanol–water partition coefficient (Wildman–Crippen LogP) is 6.21. The van der Waals surface area contributed by atoms with Gasteiger partial charge in [0.25, 0.3) is 11.7 Å². The number of hydrogen-bond acceptors (Lipinski definition) is 15. The summed E-state index contributed by atoms with van der Waals surface area (Å²) in [5.74, 6) is -8.10. The maximum Gasteiger partial charge on any atom is 0.329 e. The summed E-state index contributed by atoms with van der Waals surface area (Å²) in [7, 11) is 4.58. The minimum atomic E-state index is -2.46. The van der Waals surface area contributed by atoms with Crippen molar-refractivity contribution < 1.29 is 72.5 Å². The van der Waals surface area contributed by atoms with Gasteiger partial charge in [-0.3, -0.25) is 19.2 Å². The van der Waals surface area contributed by atoms with Crippen molar-refractivity contribution in [3.8, 4) is 0 Å². The molecule has 3 N–H and O–H groups in total. The lowest BCUT2D eigenvalue weighted by molar-refractivity contribution is -0.266. The smallest absolute Gasteiger partial charge is 0.329 e. The summed E-state index contributed by atoms with van der Waals surface area (Å²) in [6.07, 6.45) is 11.7. The maximum absolute atomic E-state index is 14.5. The number of esters is 1. The molecule has 16 nitrogen and oxygen atoms in total. The third kappa shape index (κ3) is 17.0. The van der Waals surface area contributed by atoms with Crippen molar-refractivity contribution in [3.05, 3.63) is 47.6 Å². The fourth-order valence-electron chi connectivity index (χ4n) is 10.7. The Morgan fingerprint density at radius 1 is 0.831 bits per heavy atom. The van der Waals surface area contributed by atoms with E-state index in [4.69, 9.17) is 33.2 Å². The first-order chi connectivity index (χ1) is 33.8. The van der Waals surface area contributed by atoms with Crippen LogP contribution in [0.4, 0.5) is 0 Å². The van der Waals surface area contributed by atoms with Gasteiger partial charge in [0.2, 0.25) is 5.79 Å². The van der Waals surface area contributed by atoms with Gasteiger partial charge in [-0.05, 0) is 107 Å². The molecule has 0 radical (unpaired) electrons. The van der Waals surface area contributed by atoms with Gasteiger partial charge in [0, 0.05) is 58.5 Å². The number of ketones is 3. The summed E-state index contributed by atoms with van der Waals surface area (Å²) in [4.78, 5) is 72.5. The number of cyclic esters (lactones) is 1. The Morgan fingerprint density at radius 2 is 1.58 bits per heavy atom. The number of fused-ring (bicyclic) bond motifs is 3. The first-order valence-corrected chi connectivity index (χ1v) is 26.1. The van der Waals surface area contributed by atoms with Crippen molar-refractivity contribution in [2.24, 2.45) is 35.5 Å². The van der Waals surface area contributed by atoms with Crippen LogP contribution >= 0.6 is 0 Å². The number of carbonyl (C=O) groups excluding carboxylic acids is 5. The zero-order valence-corrected chi connectivity index (χ0v) is 44.3. The number of aliphatic hydroxyl groups is 3. The summed E-state index contributed by atoms with van der Waals surface area (Å²) < 4.78 is 41.3. The standard InChI is InChI=1S/C55H87NO15/c1-34-16-12-11-13-17-35(2)46(69-27-26-65-8)32-42-21-19-40(7)55(64,71-42)52(61)53(62)56-23-15-14-18-43(56)54(63)70-47(37(4)30-41-20-22-45(68-25-24-57)48(31-41)66-9)33-44(58)36(3)29-39(6)50(60)51(67-10)49(59)38(5)28-34/h11-13,16-17,29,34,36-38,40-43,45-48,50-51,57,60,64H,14-15,18-28,30-33H2,1-10H3/b13-11?,16-12+,35-17?,39-29+/t34-,36-,37-,38-,40-,41+,42+,43+,45-,46+,47+,48-,50-,51+,55-/m1/s1. The molecule has 3 heterocycles. The van der Waals surface area contributed by atoms with Crippen LogP contribution in [0.3, 0.4) is 0 Å². The summed E-state index contributed by atoms with van der Waals surface area (Å²) in [6, 6.07) is -1.16. The molecule has 0 aromatic rings. The maximum atomic E-state index is 14.5. The molecule has 4 aliphatic rings. The van der Waals surface area contributed by atoms with E-state index in [0.717, 1.165) is 12.0 Å². The van der Waals surface area contributed by atoms with E-state index in [-0.39, 0.29) is 87.2 Å². The molecule has 0 aromatic carbocycles. The van der Waals surface area contributed by atoms with Gasteiger partial charge < -0.3 is 53.4 Å². The highest BCUT2D eigenvalue weighted by Crippen LogP contribution is 2.38. The number of Topliss-reactive ketones (excluding diaryl/α,β-unsaturated/α-hetero) is 3. The van der Waals surface area contributed by atoms with E-state index in [9.17, 15) is 39.3 Å². The predicted molar refractivity (Wildman–Crippen MR) is 267 cm³/mol. The summed E-state index contributed by atoms with van der Waals surface area (Å²) in [6.45, 7) is 13.5. The van der Waals surface area contributed by atoms with E-state index in [2.05, 4.69) is 0 Å². The third-order valence-corrected chi connectivity index (χ3v) is 15.2. The summed E-state index contributed by atoms with van der Waals surface area (Å²) in [5.41, 5.74) is 1.24. The molecule has 1 aliphatic carbocycles. The quantitative estimate of drug-likeness (QED) is 0.0858. The van der Waals surface area contributed by atoms with E-state index in [0.29, 0.717) is 63.5 Å². The highest BCUT2D eigenvalue weighted by atomic mass is 16.6. The number of carbonyl (C=O) groups is 5. The Kier molecular flexibility index (Phi) is 24.9. The highest BCUT2D eigenvalue weighted by Gasteiger charge is 2.53. The van der Waals surface area contributed by atoms with Crippen molar-refractivity contribution in [3.63, 3.8) is 0 Å². The topological polar surface area (TPSA) is 214 Å². The minimum absolute atomic E-state index is 0.000431. The van der Waals surface area contributed by atoms with Gasteiger partial charge in [-0.25, -0.2) is 4.79 Å². The molecule has 15 atom stereocenters. The van der Waals surface area contributed by atoms with Crippen molar-refractivity contribution >= 4 is 29.2 Å². The van der Waals surface area contributed by atoms with E-state index in [1.165, 1.54) is 12.0 Å². The molecule has 16 heteroatoms. The first-order valence-electron chi connectivity index (χ1n) is 26.1. The Hall–Kier alpha value is -3.45. The van der Waals surface area contributed by atoms with Gasteiger partial charge >= 0.3 is 5.97 Å². The zero-order chi connectivity index (χ0) is 52.4. The summed E-state index contributed by atoms with van der Waals surface area (Å²) in [5, 5.41) is 33.0. The van der Waals surface area contributed by atoms with Crippen molar-refractivity contribution in [2.75, 3.05) is 54.3 Å². The van der Waals surface area contributed by atoms with Crippen molar-refractivity contribution in [1.82, 2.24) is 4.90 Å². The average Bonchev–Trinajstić information content (AvgIpc) is 3.35. The van der Waals surface area contributed by atoms with Crippen LogP contribution in [0.2, 0.25) is 0 Å². The van der Waals surface area contributed by atoms with Gasteiger partial charge in [-0.2, -0.15) is 0 Å².